The number of thiazole rings is 1. The number of amides is 1. The minimum Gasteiger partial charge on any atom is -0.477 e. The Morgan fingerprint density at radius 3 is 3.04 bits per heavy atom. The molecule has 3 aromatic rings. The molecule has 2 aromatic heterocycles. The molecule has 0 radical (unpaired) electrons. The van der Waals surface area contributed by atoms with E-state index in [4.69, 9.17) is 9.72 Å². The Bertz CT molecular complexity index is 875. The van der Waals surface area contributed by atoms with Gasteiger partial charge < -0.3 is 9.64 Å². The molecule has 1 atom stereocenters. The fraction of sp³-hybridized carbons (Fsp3) is 0.316. The maximum absolute atomic E-state index is 13.1. The van der Waals surface area contributed by atoms with Gasteiger partial charge in [-0.15, -0.1) is 11.3 Å². The maximum Gasteiger partial charge on any atom is 0.259 e. The summed E-state index contributed by atoms with van der Waals surface area (Å²) in [7, 11) is 0. The van der Waals surface area contributed by atoms with Crippen molar-refractivity contribution < 1.29 is 9.53 Å². The summed E-state index contributed by atoms with van der Waals surface area (Å²) >= 11 is 1.67. The van der Waals surface area contributed by atoms with Crippen LogP contribution in [0.4, 0.5) is 0 Å². The molecule has 0 saturated carbocycles. The average Bonchev–Trinajstić information content (AvgIpc) is 3.28. The summed E-state index contributed by atoms with van der Waals surface area (Å²) in [6.07, 6.45) is 3.57. The highest BCUT2D eigenvalue weighted by Gasteiger charge is 2.34. The third kappa shape index (κ3) is 2.98. The second-order valence-corrected chi connectivity index (χ2v) is 7.03. The smallest absolute Gasteiger partial charge is 0.259 e. The predicted molar refractivity (Wildman–Crippen MR) is 98.0 cm³/mol. The highest BCUT2D eigenvalue weighted by Crippen LogP contribution is 2.37. The Labute approximate surface area is 150 Å². The topological polar surface area (TPSA) is 55.3 Å². The number of rotatable bonds is 4. The molecule has 1 aliphatic heterocycles. The largest absolute Gasteiger partial charge is 0.477 e. The van der Waals surface area contributed by atoms with Crippen molar-refractivity contribution in [3.63, 3.8) is 0 Å². The van der Waals surface area contributed by atoms with Gasteiger partial charge in [0.25, 0.3) is 5.91 Å². The summed E-state index contributed by atoms with van der Waals surface area (Å²) in [5.41, 5.74) is 1.52. The number of fused-ring (bicyclic) bond motifs is 1. The number of ether oxygens (including phenoxy) is 1. The van der Waals surface area contributed by atoms with Crippen LogP contribution in [0.25, 0.3) is 10.2 Å². The summed E-state index contributed by atoms with van der Waals surface area (Å²) in [5.74, 6) is 0.378. The number of carbonyl (C=O) groups is 1. The number of benzene rings is 1. The zero-order chi connectivity index (χ0) is 17.2. The highest BCUT2D eigenvalue weighted by molar-refractivity contribution is 7.18. The lowest BCUT2D eigenvalue weighted by molar-refractivity contribution is 0.0730. The van der Waals surface area contributed by atoms with Crippen molar-refractivity contribution in [3.8, 4) is 5.88 Å². The molecule has 6 heteroatoms. The van der Waals surface area contributed by atoms with Gasteiger partial charge in [-0.3, -0.25) is 4.79 Å². The SMILES string of the molecule is CCOc1ncccc1C(=O)N1CCCC1c1nc2ccccc2s1. The molecule has 1 saturated heterocycles. The van der Waals surface area contributed by atoms with Crippen LogP contribution in [0.1, 0.15) is 41.2 Å². The van der Waals surface area contributed by atoms with E-state index in [1.165, 1.54) is 0 Å². The standard InChI is InChI=1S/C19H19N3O2S/c1-2-24-17-13(7-5-11-20-17)19(23)22-12-6-9-15(22)18-21-14-8-3-4-10-16(14)25-18/h3-5,7-8,10-11,15H,2,6,9,12H2,1H3. The third-order valence-corrected chi connectivity index (χ3v) is 5.53. The molecule has 1 unspecified atom stereocenters. The van der Waals surface area contributed by atoms with Crippen LogP contribution in [-0.4, -0.2) is 33.9 Å². The molecule has 0 bridgehead atoms. The number of para-hydroxylation sites is 1. The quantitative estimate of drug-likeness (QED) is 0.709. The number of likely N-dealkylation sites (tertiary alicyclic amines) is 1. The monoisotopic (exact) mass is 353 g/mol. The van der Waals surface area contributed by atoms with E-state index in [1.807, 2.05) is 30.0 Å². The average molecular weight is 353 g/mol. The molecule has 128 valence electrons. The Kier molecular flexibility index (Phi) is 4.36. The molecule has 1 fully saturated rings. The van der Waals surface area contributed by atoms with Crippen molar-refractivity contribution in [2.24, 2.45) is 0 Å². The number of aromatic nitrogens is 2. The summed E-state index contributed by atoms with van der Waals surface area (Å²) in [6.45, 7) is 3.11. The van der Waals surface area contributed by atoms with E-state index in [-0.39, 0.29) is 11.9 Å². The van der Waals surface area contributed by atoms with Crippen molar-refractivity contribution >= 4 is 27.5 Å². The van der Waals surface area contributed by atoms with Gasteiger partial charge in [0, 0.05) is 12.7 Å². The van der Waals surface area contributed by atoms with Gasteiger partial charge in [-0.05, 0) is 44.0 Å². The summed E-state index contributed by atoms with van der Waals surface area (Å²) in [6, 6.07) is 11.7. The first-order valence-electron chi connectivity index (χ1n) is 8.52. The highest BCUT2D eigenvalue weighted by atomic mass is 32.1. The van der Waals surface area contributed by atoms with Crippen LogP contribution in [0.15, 0.2) is 42.6 Å². The van der Waals surface area contributed by atoms with Crippen molar-refractivity contribution in [1.82, 2.24) is 14.9 Å². The van der Waals surface area contributed by atoms with Crippen molar-refractivity contribution in [1.29, 1.82) is 0 Å². The Morgan fingerprint density at radius 1 is 1.32 bits per heavy atom. The van der Waals surface area contributed by atoms with Crippen LogP contribution in [-0.2, 0) is 0 Å². The Hall–Kier alpha value is -2.47. The first-order chi connectivity index (χ1) is 12.3. The minimum absolute atomic E-state index is 0.0274. The number of pyridine rings is 1. The van der Waals surface area contributed by atoms with Crippen molar-refractivity contribution in [2.75, 3.05) is 13.2 Å². The van der Waals surface area contributed by atoms with Crippen molar-refractivity contribution in [3.05, 3.63) is 53.2 Å². The number of nitrogens with zero attached hydrogens (tertiary/aromatic N) is 3. The van der Waals surface area contributed by atoms with E-state index in [1.54, 1.807) is 29.7 Å². The van der Waals surface area contributed by atoms with Crippen LogP contribution >= 0.6 is 11.3 Å². The van der Waals surface area contributed by atoms with Gasteiger partial charge in [-0.1, -0.05) is 12.1 Å². The Balaban J connectivity index is 1.66. The van der Waals surface area contributed by atoms with E-state index < -0.39 is 0 Å². The van der Waals surface area contributed by atoms with E-state index in [0.29, 0.717) is 18.1 Å². The molecule has 4 rings (SSSR count). The molecule has 0 spiro atoms. The van der Waals surface area contributed by atoms with Crippen molar-refractivity contribution in [2.45, 2.75) is 25.8 Å². The molecule has 1 aliphatic rings. The lowest BCUT2D eigenvalue weighted by Gasteiger charge is -2.23. The summed E-state index contributed by atoms with van der Waals surface area (Å²) < 4.78 is 6.70. The van der Waals surface area contributed by atoms with Gasteiger partial charge >= 0.3 is 0 Å². The van der Waals surface area contributed by atoms with Gasteiger partial charge in [-0.25, -0.2) is 9.97 Å². The number of carbonyl (C=O) groups excluding carboxylic acids is 1. The fourth-order valence-corrected chi connectivity index (χ4v) is 4.37. The van der Waals surface area contributed by atoms with Crippen LogP contribution in [0.2, 0.25) is 0 Å². The van der Waals surface area contributed by atoms with E-state index in [0.717, 1.165) is 34.6 Å². The van der Waals surface area contributed by atoms with E-state index >= 15 is 0 Å². The molecule has 1 aromatic carbocycles. The minimum atomic E-state index is -0.0293. The second kappa shape index (κ2) is 6.80. The van der Waals surface area contributed by atoms with Gasteiger partial charge in [0.05, 0.1) is 22.9 Å². The normalized spacial score (nSPS) is 17.2. The van der Waals surface area contributed by atoms with Crippen LogP contribution in [0, 0.1) is 0 Å². The van der Waals surface area contributed by atoms with Crippen LogP contribution in [0.3, 0.4) is 0 Å². The van der Waals surface area contributed by atoms with Gasteiger partial charge in [-0.2, -0.15) is 0 Å². The van der Waals surface area contributed by atoms with E-state index in [9.17, 15) is 4.79 Å². The number of hydrogen-bond acceptors (Lipinski definition) is 5. The maximum atomic E-state index is 13.1. The second-order valence-electron chi connectivity index (χ2n) is 5.97. The molecule has 5 nitrogen and oxygen atoms in total. The third-order valence-electron chi connectivity index (χ3n) is 4.39. The first kappa shape index (κ1) is 16.0. The summed E-state index contributed by atoms with van der Waals surface area (Å²) in [5, 5.41) is 1.01. The lowest BCUT2D eigenvalue weighted by atomic mass is 10.2. The summed E-state index contributed by atoms with van der Waals surface area (Å²) in [4.78, 5) is 24.0. The van der Waals surface area contributed by atoms with E-state index in [2.05, 4.69) is 11.1 Å². The molecule has 3 heterocycles. The Morgan fingerprint density at radius 2 is 2.20 bits per heavy atom. The van der Waals surface area contributed by atoms with Gasteiger partial charge in [0.1, 0.15) is 10.6 Å². The zero-order valence-corrected chi connectivity index (χ0v) is 14.8. The predicted octanol–water partition coefficient (Wildman–Crippen LogP) is 4.07. The van der Waals surface area contributed by atoms with Gasteiger partial charge in [0.15, 0.2) is 0 Å². The van der Waals surface area contributed by atoms with Gasteiger partial charge in [0.2, 0.25) is 5.88 Å². The molecular formula is C19H19N3O2S. The van der Waals surface area contributed by atoms with Crippen LogP contribution < -0.4 is 4.74 Å². The fourth-order valence-electron chi connectivity index (χ4n) is 3.26. The molecule has 0 aliphatic carbocycles. The lowest BCUT2D eigenvalue weighted by Crippen LogP contribution is -2.31. The zero-order valence-electron chi connectivity index (χ0n) is 14.0. The number of hydrogen-bond donors (Lipinski definition) is 0. The molecule has 1 amide bonds. The molecule has 0 N–H and O–H groups in total. The molecule has 25 heavy (non-hydrogen) atoms. The van der Waals surface area contributed by atoms with Crippen LogP contribution in [0.5, 0.6) is 5.88 Å². The first-order valence-corrected chi connectivity index (χ1v) is 9.34. The molecular weight excluding hydrogens is 334 g/mol.